The molecule has 0 atom stereocenters. The fourth-order valence-electron chi connectivity index (χ4n) is 2.12. The minimum Gasteiger partial charge on any atom is -0.408 e. The lowest BCUT2D eigenvalue weighted by Crippen LogP contribution is -2.37. The van der Waals surface area contributed by atoms with E-state index in [0.717, 1.165) is 6.42 Å². The molecular weight excluding hydrogens is 274 g/mol. The molecule has 0 aliphatic rings. The van der Waals surface area contributed by atoms with Crippen LogP contribution in [-0.2, 0) is 7.05 Å². The van der Waals surface area contributed by atoms with Crippen LogP contribution in [0.4, 0.5) is 10.5 Å². The van der Waals surface area contributed by atoms with Crippen molar-refractivity contribution < 1.29 is 14.3 Å². The van der Waals surface area contributed by atoms with Gasteiger partial charge in [-0.3, -0.25) is 4.57 Å². The van der Waals surface area contributed by atoms with Crippen molar-refractivity contribution in [3.8, 4) is 0 Å². The van der Waals surface area contributed by atoms with Crippen molar-refractivity contribution >= 4 is 22.8 Å². The average Bonchev–Trinajstić information content (AvgIpc) is 2.73. The predicted octanol–water partition coefficient (Wildman–Crippen LogP) is 1.37. The Morgan fingerprint density at radius 1 is 1.43 bits per heavy atom. The summed E-state index contributed by atoms with van der Waals surface area (Å²) in [7, 11) is 1.62. The predicted molar refractivity (Wildman–Crippen MR) is 79.4 cm³/mol. The molecule has 7 nitrogen and oxygen atoms in total. The van der Waals surface area contributed by atoms with Crippen LogP contribution in [0.2, 0.25) is 0 Å². The molecule has 1 aromatic carbocycles. The summed E-state index contributed by atoms with van der Waals surface area (Å²) >= 11 is 0. The Hall–Kier alpha value is -2.28. The molecule has 0 fully saturated rings. The SMILES string of the molecule is CCCN(CCO)C(=O)Nc1ccc2c(c1)oc(=O)n2C. The largest absolute Gasteiger partial charge is 0.419 e. The maximum absolute atomic E-state index is 12.1. The third kappa shape index (κ3) is 3.25. The summed E-state index contributed by atoms with van der Waals surface area (Å²) in [4.78, 5) is 25.1. The number of amides is 2. The summed E-state index contributed by atoms with van der Waals surface area (Å²) in [6.45, 7) is 2.72. The molecule has 0 bridgehead atoms. The molecule has 2 amide bonds. The maximum atomic E-state index is 12.1. The number of aliphatic hydroxyl groups is 1. The van der Waals surface area contributed by atoms with Crippen molar-refractivity contribution in [2.45, 2.75) is 13.3 Å². The van der Waals surface area contributed by atoms with E-state index in [0.29, 0.717) is 23.3 Å². The van der Waals surface area contributed by atoms with Gasteiger partial charge in [0, 0.05) is 31.9 Å². The van der Waals surface area contributed by atoms with E-state index in [1.165, 1.54) is 9.47 Å². The molecule has 2 rings (SSSR count). The summed E-state index contributed by atoms with van der Waals surface area (Å²) in [5.41, 5.74) is 1.63. The topological polar surface area (TPSA) is 87.7 Å². The van der Waals surface area contributed by atoms with E-state index in [1.807, 2.05) is 6.92 Å². The van der Waals surface area contributed by atoms with Crippen LogP contribution >= 0.6 is 0 Å². The van der Waals surface area contributed by atoms with Crippen molar-refractivity contribution in [1.82, 2.24) is 9.47 Å². The van der Waals surface area contributed by atoms with E-state index in [1.54, 1.807) is 25.2 Å². The smallest absolute Gasteiger partial charge is 0.408 e. The molecular formula is C14H19N3O4. The van der Waals surface area contributed by atoms with Crippen LogP contribution in [0.15, 0.2) is 27.4 Å². The van der Waals surface area contributed by atoms with Gasteiger partial charge in [0.1, 0.15) is 0 Å². The number of hydrogen-bond donors (Lipinski definition) is 2. The number of anilines is 1. The summed E-state index contributed by atoms with van der Waals surface area (Å²) in [6.07, 6.45) is 0.806. The first-order chi connectivity index (χ1) is 10.1. The number of carbonyl (C=O) groups is 1. The number of benzene rings is 1. The standard InChI is InChI=1S/C14H19N3O4/c1-3-6-17(7-8-18)13(19)15-10-4-5-11-12(9-10)21-14(20)16(11)2/h4-5,9,18H,3,6-8H2,1-2H3,(H,15,19). The Bertz CT molecular complexity index is 683. The summed E-state index contributed by atoms with van der Waals surface area (Å²) in [5, 5.41) is 11.7. The molecule has 0 unspecified atom stereocenters. The maximum Gasteiger partial charge on any atom is 0.419 e. The molecule has 2 aromatic rings. The van der Waals surface area contributed by atoms with Gasteiger partial charge in [0.05, 0.1) is 12.1 Å². The van der Waals surface area contributed by atoms with E-state index in [9.17, 15) is 9.59 Å². The molecule has 1 heterocycles. The molecule has 114 valence electrons. The van der Waals surface area contributed by atoms with Crippen LogP contribution in [0, 0.1) is 0 Å². The highest BCUT2D eigenvalue weighted by Crippen LogP contribution is 2.18. The molecule has 2 N–H and O–H groups in total. The van der Waals surface area contributed by atoms with Crippen molar-refractivity contribution in [3.05, 3.63) is 28.7 Å². The molecule has 0 radical (unpaired) electrons. The fraction of sp³-hybridized carbons (Fsp3) is 0.429. The van der Waals surface area contributed by atoms with Crippen molar-refractivity contribution in [1.29, 1.82) is 0 Å². The highest BCUT2D eigenvalue weighted by atomic mass is 16.4. The highest BCUT2D eigenvalue weighted by Gasteiger charge is 2.13. The second-order valence-corrected chi connectivity index (χ2v) is 4.75. The van der Waals surface area contributed by atoms with E-state index in [4.69, 9.17) is 9.52 Å². The van der Waals surface area contributed by atoms with Gasteiger partial charge < -0.3 is 19.7 Å². The zero-order valence-electron chi connectivity index (χ0n) is 12.1. The number of carbonyl (C=O) groups excluding carboxylic acids is 1. The van der Waals surface area contributed by atoms with Crippen LogP contribution in [0.3, 0.4) is 0 Å². The molecule has 0 saturated carbocycles. The zero-order chi connectivity index (χ0) is 15.4. The molecule has 1 aromatic heterocycles. The lowest BCUT2D eigenvalue weighted by atomic mass is 10.3. The number of rotatable bonds is 5. The summed E-state index contributed by atoms with van der Waals surface area (Å²) in [5.74, 6) is -0.443. The van der Waals surface area contributed by atoms with Gasteiger partial charge in [0.25, 0.3) is 0 Å². The molecule has 0 aliphatic carbocycles. The van der Waals surface area contributed by atoms with E-state index < -0.39 is 5.76 Å². The van der Waals surface area contributed by atoms with Gasteiger partial charge in [-0.1, -0.05) is 6.92 Å². The van der Waals surface area contributed by atoms with Crippen LogP contribution in [-0.4, -0.2) is 40.3 Å². The lowest BCUT2D eigenvalue weighted by Gasteiger charge is -2.21. The number of oxazole rings is 1. The number of aliphatic hydroxyl groups excluding tert-OH is 1. The van der Waals surface area contributed by atoms with E-state index in [-0.39, 0.29) is 19.2 Å². The first-order valence-electron chi connectivity index (χ1n) is 6.83. The number of fused-ring (bicyclic) bond motifs is 1. The second kappa shape index (κ2) is 6.45. The number of urea groups is 1. The monoisotopic (exact) mass is 293 g/mol. The zero-order valence-corrected chi connectivity index (χ0v) is 12.1. The summed E-state index contributed by atoms with van der Waals surface area (Å²) in [6, 6.07) is 4.74. The Kier molecular flexibility index (Phi) is 4.64. The van der Waals surface area contributed by atoms with Gasteiger partial charge in [-0.05, 0) is 18.6 Å². The number of aromatic nitrogens is 1. The lowest BCUT2D eigenvalue weighted by molar-refractivity contribution is 0.188. The Labute approximate surface area is 121 Å². The number of nitrogens with one attached hydrogen (secondary N) is 1. The number of hydrogen-bond acceptors (Lipinski definition) is 4. The van der Waals surface area contributed by atoms with Crippen molar-refractivity contribution in [2.75, 3.05) is 25.0 Å². The number of nitrogens with zero attached hydrogens (tertiary/aromatic N) is 2. The highest BCUT2D eigenvalue weighted by molar-refractivity contribution is 5.91. The normalized spacial score (nSPS) is 10.8. The first kappa shape index (κ1) is 15.1. The van der Waals surface area contributed by atoms with E-state index >= 15 is 0 Å². The van der Waals surface area contributed by atoms with Crippen LogP contribution in [0.25, 0.3) is 11.1 Å². The third-order valence-electron chi connectivity index (χ3n) is 3.19. The molecule has 0 saturated heterocycles. The van der Waals surface area contributed by atoms with Gasteiger partial charge in [0.2, 0.25) is 0 Å². The van der Waals surface area contributed by atoms with Crippen LogP contribution < -0.4 is 11.1 Å². The first-order valence-corrected chi connectivity index (χ1v) is 6.83. The van der Waals surface area contributed by atoms with E-state index in [2.05, 4.69) is 5.32 Å². The Morgan fingerprint density at radius 2 is 2.19 bits per heavy atom. The number of aryl methyl sites for hydroxylation is 1. The molecule has 21 heavy (non-hydrogen) atoms. The van der Waals surface area contributed by atoms with Gasteiger partial charge in [-0.15, -0.1) is 0 Å². The fourth-order valence-corrected chi connectivity index (χ4v) is 2.12. The van der Waals surface area contributed by atoms with Gasteiger partial charge in [0.15, 0.2) is 5.58 Å². The van der Waals surface area contributed by atoms with Gasteiger partial charge in [-0.2, -0.15) is 0 Å². The minimum absolute atomic E-state index is 0.0833. The molecule has 0 spiro atoms. The Morgan fingerprint density at radius 3 is 2.86 bits per heavy atom. The third-order valence-corrected chi connectivity index (χ3v) is 3.19. The van der Waals surface area contributed by atoms with Crippen molar-refractivity contribution in [3.63, 3.8) is 0 Å². The van der Waals surface area contributed by atoms with Crippen molar-refractivity contribution in [2.24, 2.45) is 7.05 Å². The van der Waals surface area contributed by atoms with Crippen LogP contribution in [0.5, 0.6) is 0 Å². The average molecular weight is 293 g/mol. The minimum atomic E-state index is -0.443. The quantitative estimate of drug-likeness (QED) is 0.871. The van der Waals surface area contributed by atoms with Crippen LogP contribution in [0.1, 0.15) is 13.3 Å². The van der Waals surface area contributed by atoms with Gasteiger partial charge >= 0.3 is 11.8 Å². The van der Waals surface area contributed by atoms with Gasteiger partial charge in [-0.25, -0.2) is 9.59 Å². The second-order valence-electron chi connectivity index (χ2n) is 4.75. The molecule has 7 heteroatoms. The molecule has 0 aliphatic heterocycles. The Balaban J connectivity index is 2.18. The summed E-state index contributed by atoms with van der Waals surface area (Å²) < 4.78 is 6.48.